The number of benzene rings is 2. The Morgan fingerprint density at radius 3 is 2.37 bits per heavy atom. The second kappa shape index (κ2) is 10.7. The molecule has 0 saturated heterocycles. The fourth-order valence-corrected chi connectivity index (χ4v) is 3.48. The predicted octanol–water partition coefficient (Wildman–Crippen LogP) is 3.61. The minimum atomic E-state index is -0.597. The molecule has 1 atom stereocenters. The van der Waals surface area contributed by atoms with Crippen molar-refractivity contribution in [1.29, 1.82) is 0 Å². The first-order valence-corrected chi connectivity index (χ1v) is 10.1. The summed E-state index contributed by atoms with van der Waals surface area (Å²) in [6.07, 6.45) is 0. The first-order valence-electron chi connectivity index (χ1n) is 8.94. The van der Waals surface area contributed by atoms with E-state index in [1.54, 1.807) is 24.0 Å². The van der Waals surface area contributed by atoms with Crippen molar-refractivity contribution >= 4 is 23.6 Å². The molecule has 0 heterocycles. The number of nitrogens with one attached hydrogen (secondary N) is 1. The van der Waals surface area contributed by atoms with Gasteiger partial charge in [-0.05, 0) is 37.1 Å². The zero-order valence-corrected chi connectivity index (χ0v) is 16.5. The van der Waals surface area contributed by atoms with Gasteiger partial charge in [-0.3, -0.25) is 9.59 Å². The molecule has 0 bridgehead atoms. The van der Waals surface area contributed by atoms with Crippen molar-refractivity contribution in [2.45, 2.75) is 32.2 Å². The van der Waals surface area contributed by atoms with Gasteiger partial charge < -0.3 is 10.2 Å². The lowest BCUT2D eigenvalue weighted by Crippen LogP contribution is -2.48. The molecule has 4 nitrogen and oxygen atoms in total. The summed E-state index contributed by atoms with van der Waals surface area (Å²) in [5.41, 5.74) is 1.94. The maximum Gasteiger partial charge on any atom is 0.242 e. The summed E-state index contributed by atoms with van der Waals surface area (Å²) in [4.78, 5) is 26.6. The van der Waals surface area contributed by atoms with Gasteiger partial charge in [0, 0.05) is 18.8 Å². The minimum absolute atomic E-state index is 0.112. The third-order valence-corrected chi connectivity index (χ3v) is 5.11. The average molecular weight is 389 g/mol. The smallest absolute Gasteiger partial charge is 0.242 e. The number of hydrogen-bond donors (Lipinski definition) is 1. The minimum Gasteiger partial charge on any atom is -0.355 e. The molecular weight excluding hydrogens is 363 g/mol. The van der Waals surface area contributed by atoms with Gasteiger partial charge in [-0.25, -0.2) is 4.39 Å². The van der Waals surface area contributed by atoms with E-state index >= 15 is 0 Å². The molecule has 2 amide bonds. The van der Waals surface area contributed by atoms with Crippen LogP contribution >= 0.6 is 11.8 Å². The van der Waals surface area contributed by atoms with E-state index in [1.165, 1.54) is 23.9 Å². The Labute approximate surface area is 164 Å². The Hall–Kier alpha value is -2.34. The Balaban J connectivity index is 2.03. The number of carbonyl (C=O) groups excluding carboxylic acids is 2. The molecule has 0 aromatic heterocycles. The lowest BCUT2D eigenvalue weighted by molar-refractivity contribution is -0.138. The van der Waals surface area contributed by atoms with Gasteiger partial charge in [0.25, 0.3) is 0 Å². The van der Waals surface area contributed by atoms with Crippen molar-refractivity contribution in [2.24, 2.45) is 0 Å². The summed E-state index contributed by atoms with van der Waals surface area (Å²) in [7, 11) is 0. The normalized spacial score (nSPS) is 11.7. The highest BCUT2D eigenvalue weighted by Crippen LogP contribution is 2.16. The van der Waals surface area contributed by atoms with Crippen LogP contribution in [-0.4, -0.2) is 35.1 Å². The quantitative estimate of drug-likeness (QED) is 0.714. The number of carbonyl (C=O) groups is 2. The number of likely N-dealkylation sites (N-methyl/N-ethyl adjacent to an activating group) is 1. The number of hydrogen-bond acceptors (Lipinski definition) is 3. The van der Waals surface area contributed by atoms with Crippen LogP contribution in [0.2, 0.25) is 0 Å². The number of rotatable bonds is 9. The van der Waals surface area contributed by atoms with E-state index in [0.29, 0.717) is 6.54 Å². The van der Waals surface area contributed by atoms with Gasteiger partial charge in [0.2, 0.25) is 11.8 Å². The molecule has 0 aliphatic heterocycles. The number of nitrogens with zero attached hydrogens (tertiary/aromatic N) is 1. The summed E-state index contributed by atoms with van der Waals surface area (Å²) in [6, 6.07) is 15.3. The van der Waals surface area contributed by atoms with E-state index < -0.39 is 6.04 Å². The summed E-state index contributed by atoms with van der Waals surface area (Å²) >= 11 is 1.52. The highest BCUT2D eigenvalue weighted by Gasteiger charge is 2.25. The lowest BCUT2D eigenvalue weighted by atomic mass is 10.1. The number of halogens is 1. The van der Waals surface area contributed by atoms with E-state index in [4.69, 9.17) is 0 Å². The van der Waals surface area contributed by atoms with E-state index in [9.17, 15) is 14.0 Å². The highest BCUT2D eigenvalue weighted by molar-refractivity contribution is 7.99. The van der Waals surface area contributed by atoms with E-state index in [1.807, 2.05) is 37.3 Å². The van der Waals surface area contributed by atoms with Gasteiger partial charge >= 0.3 is 0 Å². The number of thioether (sulfide) groups is 1. The van der Waals surface area contributed by atoms with Crippen LogP contribution in [0.25, 0.3) is 0 Å². The van der Waals surface area contributed by atoms with E-state index in [-0.39, 0.29) is 29.9 Å². The van der Waals surface area contributed by atoms with Gasteiger partial charge in [-0.1, -0.05) is 42.5 Å². The molecule has 0 aliphatic carbocycles. The lowest BCUT2D eigenvalue weighted by Gasteiger charge is -2.28. The Morgan fingerprint density at radius 1 is 1.07 bits per heavy atom. The van der Waals surface area contributed by atoms with Crippen LogP contribution in [0.15, 0.2) is 54.6 Å². The van der Waals surface area contributed by atoms with Crippen LogP contribution in [0, 0.1) is 5.82 Å². The monoisotopic (exact) mass is 388 g/mol. The predicted molar refractivity (Wildman–Crippen MR) is 108 cm³/mol. The first kappa shape index (κ1) is 21.0. The van der Waals surface area contributed by atoms with Crippen LogP contribution < -0.4 is 5.32 Å². The van der Waals surface area contributed by atoms with Crippen molar-refractivity contribution in [3.05, 3.63) is 71.5 Å². The summed E-state index contributed by atoms with van der Waals surface area (Å²) in [6.45, 7) is 4.33. The Bertz CT molecular complexity index is 738. The van der Waals surface area contributed by atoms with Gasteiger partial charge in [0.05, 0.1) is 5.75 Å². The molecule has 27 heavy (non-hydrogen) atoms. The van der Waals surface area contributed by atoms with Crippen LogP contribution in [0.4, 0.5) is 4.39 Å². The van der Waals surface area contributed by atoms with Crippen molar-refractivity contribution in [3.8, 4) is 0 Å². The Morgan fingerprint density at radius 2 is 1.74 bits per heavy atom. The molecule has 0 spiro atoms. The highest BCUT2D eigenvalue weighted by atomic mass is 32.2. The first-order chi connectivity index (χ1) is 13.0. The van der Waals surface area contributed by atoms with Crippen LogP contribution in [0.5, 0.6) is 0 Å². The fraction of sp³-hybridized carbons (Fsp3) is 0.333. The molecule has 2 aromatic carbocycles. The molecule has 2 aromatic rings. The topological polar surface area (TPSA) is 49.4 Å². The van der Waals surface area contributed by atoms with Crippen molar-refractivity contribution in [3.63, 3.8) is 0 Å². The third-order valence-electron chi connectivity index (χ3n) is 4.12. The van der Waals surface area contributed by atoms with Crippen LogP contribution in [0.3, 0.4) is 0 Å². The van der Waals surface area contributed by atoms with E-state index in [2.05, 4.69) is 5.32 Å². The number of amides is 2. The zero-order chi connectivity index (χ0) is 19.6. The second-order valence-corrected chi connectivity index (χ2v) is 7.18. The third kappa shape index (κ3) is 6.71. The average Bonchev–Trinajstić information content (AvgIpc) is 2.68. The van der Waals surface area contributed by atoms with Gasteiger partial charge in [0.15, 0.2) is 0 Å². The van der Waals surface area contributed by atoms with E-state index in [0.717, 1.165) is 16.9 Å². The van der Waals surface area contributed by atoms with Crippen molar-refractivity contribution < 1.29 is 14.0 Å². The van der Waals surface area contributed by atoms with Crippen LogP contribution in [0.1, 0.15) is 25.0 Å². The molecule has 6 heteroatoms. The summed E-state index contributed by atoms with van der Waals surface area (Å²) < 4.78 is 13.1. The fourth-order valence-electron chi connectivity index (χ4n) is 2.60. The van der Waals surface area contributed by atoms with Gasteiger partial charge in [0.1, 0.15) is 11.9 Å². The maximum atomic E-state index is 13.1. The molecule has 0 aliphatic rings. The standard InChI is InChI=1S/C21H25FN2O2S/c1-3-23-21(26)16(2)24(13-17-9-11-19(22)12-10-17)20(25)15-27-14-18-7-5-4-6-8-18/h4-12,16H,3,13-15H2,1-2H3,(H,23,26)/t16-/m0/s1. The molecule has 0 fully saturated rings. The summed E-state index contributed by atoms with van der Waals surface area (Å²) in [5.74, 6) is 0.374. The molecule has 0 radical (unpaired) electrons. The zero-order valence-electron chi connectivity index (χ0n) is 15.7. The molecule has 2 rings (SSSR count). The van der Waals surface area contributed by atoms with Gasteiger partial charge in [-0.15, -0.1) is 11.8 Å². The van der Waals surface area contributed by atoms with Gasteiger partial charge in [-0.2, -0.15) is 0 Å². The van der Waals surface area contributed by atoms with Crippen molar-refractivity contribution in [2.75, 3.05) is 12.3 Å². The SMILES string of the molecule is CCNC(=O)[C@H](C)N(Cc1ccc(F)cc1)C(=O)CSCc1ccccc1. The molecule has 144 valence electrons. The molecular formula is C21H25FN2O2S. The Kier molecular flexibility index (Phi) is 8.33. The van der Waals surface area contributed by atoms with Crippen molar-refractivity contribution in [1.82, 2.24) is 10.2 Å². The molecule has 0 unspecified atom stereocenters. The largest absolute Gasteiger partial charge is 0.355 e. The molecule has 0 saturated carbocycles. The second-order valence-electron chi connectivity index (χ2n) is 6.20. The maximum absolute atomic E-state index is 13.1. The summed E-state index contributed by atoms with van der Waals surface area (Å²) in [5, 5.41) is 2.76. The van der Waals surface area contributed by atoms with Crippen LogP contribution in [-0.2, 0) is 21.9 Å². The molecule has 1 N–H and O–H groups in total.